The number of rotatable bonds is 7. The number of nitrogens with one attached hydrogen (secondary N) is 3. The van der Waals surface area contributed by atoms with Gasteiger partial charge in [-0.25, -0.2) is 4.98 Å². The fraction of sp³-hybridized carbons (Fsp3) is 0.476. The SMILES string of the molecule is CN=C(NCCNC(=O)c1scnc1C)NC1CC(C)N(Cc2ccccc2)C1. The molecule has 2 aromatic rings. The maximum atomic E-state index is 12.1. The number of likely N-dealkylation sites (tertiary alicyclic amines) is 1. The van der Waals surface area contributed by atoms with Crippen molar-refractivity contribution in [1.29, 1.82) is 0 Å². The Morgan fingerprint density at radius 2 is 2.03 bits per heavy atom. The lowest BCUT2D eigenvalue weighted by Crippen LogP contribution is -2.46. The third kappa shape index (κ3) is 6.01. The Morgan fingerprint density at radius 1 is 1.28 bits per heavy atom. The molecule has 0 bridgehead atoms. The molecule has 2 atom stereocenters. The molecule has 7 nitrogen and oxygen atoms in total. The van der Waals surface area contributed by atoms with E-state index < -0.39 is 0 Å². The van der Waals surface area contributed by atoms with E-state index in [1.54, 1.807) is 12.6 Å². The first-order valence-corrected chi connectivity index (χ1v) is 10.9. The summed E-state index contributed by atoms with van der Waals surface area (Å²) in [7, 11) is 1.77. The summed E-state index contributed by atoms with van der Waals surface area (Å²) < 4.78 is 0. The number of hydrogen-bond donors (Lipinski definition) is 3. The van der Waals surface area contributed by atoms with Crippen molar-refractivity contribution in [2.45, 2.75) is 38.9 Å². The summed E-state index contributed by atoms with van der Waals surface area (Å²) in [5.74, 6) is 0.697. The van der Waals surface area contributed by atoms with E-state index in [-0.39, 0.29) is 5.91 Å². The number of aromatic nitrogens is 1. The van der Waals surface area contributed by atoms with Crippen molar-refractivity contribution >= 4 is 23.2 Å². The van der Waals surface area contributed by atoms with E-state index >= 15 is 0 Å². The van der Waals surface area contributed by atoms with Crippen LogP contribution in [0.2, 0.25) is 0 Å². The van der Waals surface area contributed by atoms with Gasteiger partial charge in [0.05, 0.1) is 11.2 Å². The Bertz CT molecular complexity index is 822. The molecule has 1 saturated heterocycles. The number of aliphatic imine (C=N–C) groups is 1. The number of carbonyl (C=O) groups is 1. The molecule has 3 N–H and O–H groups in total. The predicted octanol–water partition coefficient (Wildman–Crippen LogP) is 2.01. The lowest BCUT2D eigenvalue weighted by atomic mass is 10.2. The molecule has 3 rings (SSSR count). The third-order valence-electron chi connectivity index (χ3n) is 5.15. The zero-order chi connectivity index (χ0) is 20.6. The highest BCUT2D eigenvalue weighted by molar-refractivity contribution is 7.11. The van der Waals surface area contributed by atoms with Gasteiger partial charge in [0.25, 0.3) is 5.91 Å². The smallest absolute Gasteiger partial charge is 0.263 e. The van der Waals surface area contributed by atoms with Crippen LogP contribution in [0.1, 0.15) is 34.3 Å². The molecule has 0 radical (unpaired) electrons. The van der Waals surface area contributed by atoms with Gasteiger partial charge in [-0.3, -0.25) is 14.7 Å². The minimum absolute atomic E-state index is 0.0732. The third-order valence-corrected chi connectivity index (χ3v) is 6.08. The molecule has 8 heteroatoms. The van der Waals surface area contributed by atoms with Gasteiger partial charge in [0.1, 0.15) is 4.88 Å². The zero-order valence-electron chi connectivity index (χ0n) is 17.3. The molecule has 1 amide bonds. The van der Waals surface area contributed by atoms with Gasteiger partial charge in [0.15, 0.2) is 5.96 Å². The number of guanidine groups is 1. The average Bonchev–Trinajstić information content (AvgIpc) is 3.30. The van der Waals surface area contributed by atoms with Crippen molar-refractivity contribution < 1.29 is 4.79 Å². The van der Waals surface area contributed by atoms with E-state index in [1.165, 1.54) is 16.9 Å². The molecule has 0 aliphatic carbocycles. The highest BCUT2D eigenvalue weighted by atomic mass is 32.1. The normalized spacial score (nSPS) is 19.9. The standard InChI is InChI=1S/C21H30N6OS/c1-15-11-18(13-27(15)12-17-7-5-4-6-8-17)26-21(22-3)24-10-9-23-20(28)19-16(2)25-14-29-19/h4-8,14-15,18H,9-13H2,1-3H3,(H,23,28)(H2,22,24,26). The van der Waals surface area contributed by atoms with Gasteiger partial charge >= 0.3 is 0 Å². The minimum Gasteiger partial charge on any atom is -0.355 e. The van der Waals surface area contributed by atoms with Crippen LogP contribution >= 0.6 is 11.3 Å². The maximum absolute atomic E-state index is 12.1. The molecule has 0 spiro atoms. The molecule has 2 heterocycles. The van der Waals surface area contributed by atoms with E-state index in [2.05, 4.69) is 68.1 Å². The Morgan fingerprint density at radius 3 is 2.72 bits per heavy atom. The predicted molar refractivity (Wildman–Crippen MR) is 118 cm³/mol. The van der Waals surface area contributed by atoms with Crippen molar-refractivity contribution in [3.63, 3.8) is 0 Å². The fourth-order valence-electron chi connectivity index (χ4n) is 3.59. The molecule has 29 heavy (non-hydrogen) atoms. The topological polar surface area (TPSA) is 81.6 Å². The first-order valence-electron chi connectivity index (χ1n) is 10.00. The van der Waals surface area contributed by atoms with Crippen LogP contribution in [0.5, 0.6) is 0 Å². The molecule has 1 fully saturated rings. The van der Waals surface area contributed by atoms with Crippen LogP contribution in [-0.4, -0.2) is 60.5 Å². The van der Waals surface area contributed by atoms with E-state index in [1.807, 2.05) is 6.92 Å². The summed E-state index contributed by atoms with van der Waals surface area (Å²) in [5, 5.41) is 9.72. The van der Waals surface area contributed by atoms with Crippen molar-refractivity contribution in [1.82, 2.24) is 25.8 Å². The largest absolute Gasteiger partial charge is 0.355 e. The van der Waals surface area contributed by atoms with Crippen LogP contribution in [0.25, 0.3) is 0 Å². The van der Waals surface area contributed by atoms with Gasteiger partial charge in [0.2, 0.25) is 0 Å². The summed E-state index contributed by atoms with van der Waals surface area (Å²) in [5.41, 5.74) is 3.81. The summed E-state index contributed by atoms with van der Waals surface area (Å²) in [6, 6.07) is 11.5. The average molecular weight is 415 g/mol. The Kier molecular flexibility index (Phi) is 7.60. The highest BCUT2D eigenvalue weighted by Crippen LogP contribution is 2.20. The van der Waals surface area contributed by atoms with Crippen LogP contribution in [-0.2, 0) is 6.54 Å². The van der Waals surface area contributed by atoms with Gasteiger partial charge in [-0.1, -0.05) is 30.3 Å². The number of hydrogen-bond acceptors (Lipinski definition) is 5. The van der Waals surface area contributed by atoms with Crippen molar-refractivity contribution in [3.05, 3.63) is 52.0 Å². The molecule has 1 aromatic heterocycles. The van der Waals surface area contributed by atoms with Gasteiger partial charge < -0.3 is 16.0 Å². The summed E-state index contributed by atoms with van der Waals surface area (Å²) in [6.45, 7) is 7.21. The fourth-order valence-corrected chi connectivity index (χ4v) is 4.31. The van der Waals surface area contributed by atoms with Crippen LogP contribution in [0, 0.1) is 6.92 Å². The molecule has 1 aliphatic heterocycles. The van der Waals surface area contributed by atoms with Crippen molar-refractivity contribution in [3.8, 4) is 0 Å². The van der Waals surface area contributed by atoms with E-state index in [9.17, 15) is 4.79 Å². The number of carbonyl (C=O) groups excluding carboxylic acids is 1. The summed E-state index contributed by atoms with van der Waals surface area (Å²) >= 11 is 1.36. The van der Waals surface area contributed by atoms with Crippen molar-refractivity contribution in [2.24, 2.45) is 4.99 Å². The molecular formula is C21H30N6OS. The first-order chi connectivity index (χ1) is 14.1. The molecule has 0 saturated carbocycles. The number of amides is 1. The lowest BCUT2D eigenvalue weighted by molar-refractivity contribution is 0.0957. The first kappa shape index (κ1) is 21.3. The number of benzene rings is 1. The van der Waals surface area contributed by atoms with E-state index in [4.69, 9.17) is 0 Å². The van der Waals surface area contributed by atoms with Crippen LogP contribution < -0.4 is 16.0 Å². The summed E-state index contributed by atoms with van der Waals surface area (Å²) in [4.78, 5) is 23.7. The summed E-state index contributed by atoms with van der Waals surface area (Å²) in [6.07, 6.45) is 1.08. The zero-order valence-corrected chi connectivity index (χ0v) is 18.1. The van der Waals surface area contributed by atoms with Crippen LogP contribution in [0.3, 0.4) is 0 Å². The quantitative estimate of drug-likeness (QED) is 0.367. The minimum atomic E-state index is -0.0732. The second kappa shape index (κ2) is 10.4. The van der Waals surface area contributed by atoms with Crippen LogP contribution in [0.15, 0.2) is 40.8 Å². The number of nitrogens with zero attached hydrogens (tertiary/aromatic N) is 3. The van der Waals surface area contributed by atoms with Gasteiger partial charge in [0, 0.05) is 45.3 Å². The Labute approximate surface area is 176 Å². The Balaban J connectivity index is 1.40. The molecule has 156 valence electrons. The highest BCUT2D eigenvalue weighted by Gasteiger charge is 2.29. The lowest BCUT2D eigenvalue weighted by Gasteiger charge is -2.21. The van der Waals surface area contributed by atoms with E-state index in [0.717, 1.165) is 31.2 Å². The van der Waals surface area contributed by atoms with Crippen molar-refractivity contribution in [2.75, 3.05) is 26.7 Å². The maximum Gasteiger partial charge on any atom is 0.263 e. The molecule has 1 aromatic carbocycles. The number of thiazole rings is 1. The number of aryl methyl sites for hydroxylation is 1. The molecule has 1 aliphatic rings. The second-order valence-corrected chi connectivity index (χ2v) is 8.22. The van der Waals surface area contributed by atoms with Crippen LogP contribution in [0.4, 0.5) is 0 Å². The molecular weight excluding hydrogens is 384 g/mol. The van der Waals surface area contributed by atoms with Gasteiger partial charge in [-0.2, -0.15) is 0 Å². The Hall–Kier alpha value is -2.45. The van der Waals surface area contributed by atoms with Gasteiger partial charge in [-0.05, 0) is 25.8 Å². The second-order valence-electron chi connectivity index (χ2n) is 7.36. The van der Waals surface area contributed by atoms with Gasteiger partial charge in [-0.15, -0.1) is 11.3 Å². The molecule has 2 unspecified atom stereocenters. The van der Waals surface area contributed by atoms with E-state index in [0.29, 0.717) is 30.1 Å². The monoisotopic (exact) mass is 414 g/mol.